The summed E-state index contributed by atoms with van der Waals surface area (Å²) in [5.74, 6) is -0.465. The molecule has 29 heavy (non-hydrogen) atoms. The fraction of sp³-hybridized carbons (Fsp3) is 0.0455. The highest BCUT2D eigenvalue weighted by molar-refractivity contribution is 7.22. The summed E-state index contributed by atoms with van der Waals surface area (Å²) in [5, 5.41) is 0.545. The molecule has 0 aliphatic rings. The van der Waals surface area contributed by atoms with Crippen LogP contribution in [0, 0.1) is 5.82 Å². The molecule has 0 radical (unpaired) electrons. The zero-order chi connectivity index (χ0) is 19.8. The van der Waals surface area contributed by atoms with E-state index in [4.69, 9.17) is 0 Å². The number of nitrogens with zero attached hydrogens (tertiary/aromatic N) is 3. The zero-order valence-electron chi connectivity index (χ0n) is 15.1. The van der Waals surface area contributed by atoms with Crippen LogP contribution >= 0.6 is 22.7 Å². The molecule has 0 bridgehead atoms. The Morgan fingerprint density at radius 3 is 2.66 bits per heavy atom. The predicted molar refractivity (Wildman–Crippen MR) is 116 cm³/mol. The molecular formula is C22H14FN3OS2. The van der Waals surface area contributed by atoms with Crippen molar-refractivity contribution in [2.24, 2.45) is 0 Å². The van der Waals surface area contributed by atoms with Crippen LogP contribution in [-0.4, -0.2) is 15.9 Å². The van der Waals surface area contributed by atoms with E-state index in [1.165, 1.54) is 34.8 Å². The molecular weight excluding hydrogens is 405 g/mol. The van der Waals surface area contributed by atoms with Crippen LogP contribution < -0.4 is 4.90 Å². The number of amides is 1. The molecule has 0 fully saturated rings. The van der Waals surface area contributed by atoms with Gasteiger partial charge in [0.05, 0.1) is 32.5 Å². The van der Waals surface area contributed by atoms with E-state index in [9.17, 15) is 9.18 Å². The van der Waals surface area contributed by atoms with Gasteiger partial charge in [-0.25, -0.2) is 14.4 Å². The highest BCUT2D eigenvalue weighted by Gasteiger charge is 2.22. The number of hydrogen-bond acceptors (Lipinski definition) is 5. The zero-order valence-corrected chi connectivity index (χ0v) is 16.7. The molecule has 0 spiro atoms. The second-order valence-corrected chi connectivity index (χ2v) is 8.42. The van der Waals surface area contributed by atoms with Gasteiger partial charge >= 0.3 is 0 Å². The Morgan fingerprint density at radius 1 is 0.966 bits per heavy atom. The Labute approximate surface area is 173 Å². The molecule has 0 aliphatic carbocycles. The number of thiazole rings is 2. The lowest BCUT2D eigenvalue weighted by atomic mass is 10.1. The van der Waals surface area contributed by atoms with Crippen molar-refractivity contribution >= 4 is 54.1 Å². The number of carbonyl (C=O) groups excluding carboxylic acids is 1. The van der Waals surface area contributed by atoms with Gasteiger partial charge < -0.3 is 0 Å². The van der Waals surface area contributed by atoms with Crippen LogP contribution in [0.25, 0.3) is 20.4 Å². The largest absolute Gasteiger partial charge is 0.279 e. The van der Waals surface area contributed by atoms with E-state index in [2.05, 4.69) is 9.97 Å². The summed E-state index contributed by atoms with van der Waals surface area (Å²) >= 11 is 2.81. The molecule has 2 aromatic heterocycles. The summed E-state index contributed by atoms with van der Waals surface area (Å²) < 4.78 is 15.3. The van der Waals surface area contributed by atoms with Crippen molar-refractivity contribution in [3.63, 3.8) is 0 Å². The highest BCUT2D eigenvalue weighted by atomic mass is 32.1. The van der Waals surface area contributed by atoms with Crippen LogP contribution in [0.4, 0.5) is 9.52 Å². The third kappa shape index (κ3) is 3.50. The number of halogens is 1. The highest BCUT2D eigenvalue weighted by Crippen LogP contribution is 2.32. The van der Waals surface area contributed by atoms with Gasteiger partial charge in [0.25, 0.3) is 5.91 Å². The molecule has 2 heterocycles. The Kier molecular flexibility index (Phi) is 4.54. The standard InChI is InChI=1S/C22H14FN3OS2/c23-16-7-9-18-20(11-16)29-22(25-18)26(12-14-4-2-1-3-5-14)21(27)15-6-8-17-19(10-15)28-13-24-17/h1-11,13H,12H2. The molecule has 0 atom stereocenters. The van der Waals surface area contributed by atoms with Crippen molar-refractivity contribution in [1.82, 2.24) is 9.97 Å². The average Bonchev–Trinajstić information content (AvgIpc) is 3.38. The number of anilines is 1. The van der Waals surface area contributed by atoms with Crippen molar-refractivity contribution in [3.05, 3.63) is 89.2 Å². The van der Waals surface area contributed by atoms with Gasteiger partial charge in [-0.2, -0.15) is 0 Å². The van der Waals surface area contributed by atoms with Crippen LogP contribution in [0.1, 0.15) is 15.9 Å². The summed E-state index contributed by atoms with van der Waals surface area (Å²) in [6.45, 7) is 0.378. The first-order chi connectivity index (χ1) is 14.2. The molecule has 3 aromatic carbocycles. The van der Waals surface area contributed by atoms with E-state index in [0.717, 1.165) is 15.8 Å². The number of aromatic nitrogens is 2. The van der Waals surface area contributed by atoms with Gasteiger partial charge in [-0.1, -0.05) is 41.7 Å². The minimum absolute atomic E-state index is 0.149. The first-order valence-corrected chi connectivity index (χ1v) is 10.6. The molecule has 1 amide bonds. The minimum atomic E-state index is -0.315. The van der Waals surface area contributed by atoms with Gasteiger partial charge in [-0.05, 0) is 42.0 Å². The predicted octanol–water partition coefficient (Wildman–Crippen LogP) is 5.89. The molecule has 0 aliphatic heterocycles. The fourth-order valence-electron chi connectivity index (χ4n) is 3.14. The third-order valence-corrected chi connectivity index (χ3v) is 6.41. The summed E-state index contributed by atoms with van der Waals surface area (Å²) in [7, 11) is 0. The molecule has 7 heteroatoms. The van der Waals surface area contributed by atoms with E-state index in [1.807, 2.05) is 42.5 Å². The Bertz CT molecular complexity index is 1330. The Morgan fingerprint density at radius 2 is 1.79 bits per heavy atom. The van der Waals surface area contributed by atoms with Gasteiger partial charge in [-0.3, -0.25) is 9.69 Å². The summed E-state index contributed by atoms with van der Waals surface area (Å²) in [5.41, 5.74) is 4.88. The summed E-state index contributed by atoms with van der Waals surface area (Å²) in [4.78, 5) is 24.0. The lowest BCUT2D eigenvalue weighted by Gasteiger charge is -2.20. The molecule has 0 saturated carbocycles. The Hall–Kier alpha value is -3.16. The molecule has 0 saturated heterocycles. The molecule has 5 aromatic rings. The first kappa shape index (κ1) is 17.9. The second-order valence-electron chi connectivity index (χ2n) is 6.52. The number of fused-ring (bicyclic) bond motifs is 2. The van der Waals surface area contributed by atoms with Crippen LogP contribution in [0.3, 0.4) is 0 Å². The quantitative estimate of drug-likeness (QED) is 0.365. The number of benzene rings is 3. The van der Waals surface area contributed by atoms with Crippen molar-refractivity contribution in [1.29, 1.82) is 0 Å². The topological polar surface area (TPSA) is 46.1 Å². The molecule has 142 valence electrons. The number of carbonyl (C=O) groups is 1. The normalized spacial score (nSPS) is 11.2. The van der Waals surface area contributed by atoms with Crippen LogP contribution in [-0.2, 0) is 6.54 Å². The fourth-order valence-corrected chi connectivity index (χ4v) is 4.84. The smallest absolute Gasteiger partial charge is 0.260 e. The van der Waals surface area contributed by atoms with Crippen molar-refractivity contribution < 1.29 is 9.18 Å². The lowest BCUT2D eigenvalue weighted by Crippen LogP contribution is -2.30. The maximum absolute atomic E-state index is 13.6. The molecule has 5 rings (SSSR count). The molecule has 4 nitrogen and oxygen atoms in total. The number of hydrogen-bond donors (Lipinski definition) is 0. The summed E-state index contributed by atoms with van der Waals surface area (Å²) in [6.07, 6.45) is 0. The summed E-state index contributed by atoms with van der Waals surface area (Å²) in [6, 6.07) is 19.7. The van der Waals surface area contributed by atoms with Crippen LogP contribution in [0.5, 0.6) is 0 Å². The van der Waals surface area contributed by atoms with Gasteiger partial charge in [-0.15, -0.1) is 11.3 Å². The minimum Gasteiger partial charge on any atom is -0.279 e. The lowest BCUT2D eigenvalue weighted by molar-refractivity contribution is 0.0985. The van der Waals surface area contributed by atoms with Crippen LogP contribution in [0.15, 0.2) is 72.2 Å². The van der Waals surface area contributed by atoms with E-state index >= 15 is 0 Å². The average molecular weight is 420 g/mol. The van der Waals surface area contributed by atoms with Gasteiger partial charge in [0.2, 0.25) is 0 Å². The first-order valence-electron chi connectivity index (χ1n) is 8.92. The van der Waals surface area contributed by atoms with Crippen LogP contribution in [0.2, 0.25) is 0 Å². The van der Waals surface area contributed by atoms with Gasteiger partial charge in [0, 0.05) is 5.56 Å². The van der Waals surface area contributed by atoms with Gasteiger partial charge in [0.15, 0.2) is 5.13 Å². The molecule has 0 N–H and O–H groups in total. The van der Waals surface area contributed by atoms with Crippen molar-refractivity contribution in [2.45, 2.75) is 6.54 Å². The van der Waals surface area contributed by atoms with Crippen molar-refractivity contribution in [2.75, 3.05) is 4.90 Å². The van der Waals surface area contributed by atoms with E-state index in [0.29, 0.717) is 27.5 Å². The van der Waals surface area contributed by atoms with Crippen molar-refractivity contribution in [3.8, 4) is 0 Å². The van der Waals surface area contributed by atoms with E-state index in [-0.39, 0.29) is 11.7 Å². The maximum Gasteiger partial charge on any atom is 0.260 e. The Balaban J connectivity index is 1.59. The second kappa shape index (κ2) is 7.35. The maximum atomic E-state index is 13.6. The SMILES string of the molecule is O=C(c1ccc2ncsc2c1)N(Cc1ccccc1)c1nc2ccc(F)cc2s1. The van der Waals surface area contributed by atoms with E-state index in [1.54, 1.807) is 22.5 Å². The number of rotatable bonds is 4. The van der Waals surface area contributed by atoms with E-state index < -0.39 is 0 Å². The third-order valence-electron chi connectivity index (χ3n) is 4.58. The monoisotopic (exact) mass is 419 g/mol. The molecule has 0 unspecified atom stereocenters. The van der Waals surface area contributed by atoms with Gasteiger partial charge in [0.1, 0.15) is 5.82 Å².